The molecule has 0 aliphatic heterocycles. The van der Waals surface area contributed by atoms with Gasteiger partial charge in [-0.15, -0.1) is 0 Å². The van der Waals surface area contributed by atoms with Crippen LogP contribution >= 0.6 is 0 Å². The lowest BCUT2D eigenvalue weighted by molar-refractivity contribution is -0.133. The molecule has 0 saturated carbocycles. The van der Waals surface area contributed by atoms with Gasteiger partial charge in [-0.1, -0.05) is 60.7 Å². The van der Waals surface area contributed by atoms with Gasteiger partial charge in [0.1, 0.15) is 6.04 Å². The van der Waals surface area contributed by atoms with Gasteiger partial charge in [-0.05, 0) is 11.1 Å². The number of carbonyl (C=O) groups is 1. The molecule has 2 rings (SSSR count). The third kappa shape index (κ3) is 3.92. The summed E-state index contributed by atoms with van der Waals surface area (Å²) in [6, 6.07) is 18.6. The number of rotatable bonds is 6. The maximum Gasteiger partial charge on any atom is 0.255 e. The highest BCUT2D eigenvalue weighted by atomic mass is 16.3. The quantitative estimate of drug-likeness (QED) is 0.423. The summed E-state index contributed by atoms with van der Waals surface area (Å²) in [6.45, 7) is -0.323. The van der Waals surface area contributed by atoms with E-state index in [1.54, 1.807) is 0 Å². The molecule has 116 valence electrons. The third-order valence-electron chi connectivity index (χ3n) is 3.46. The van der Waals surface area contributed by atoms with Gasteiger partial charge in [0, 0.05) is 7.05 Å². The molecule has 0 bridgehead atoms. The lowest BCUT2D eigenvalue weighted by Crippen LogP contribution is -2.50. The minimum Gasteiger partial charge on any atom is -0.394 e. The minimum absolute atomic E-state index is 0.205. The summed E-state index contributed by atoms with van der Waals surface area (Å²) in [4.78, 5) is 12.1. The van der Waals surface area contributed by atoms with Crippen LogP contribution in [0.2, 0.25) is 0 Å². The molecular formula is C17H21N3O2. The van der Waals surface area contributed by atoms with Crippen LogP contribution in [0.3, 0.4) is 0 Å². The fraction of sp³-hybridized carbons (Fsp3) is 0.235. The number of amides is 1. The minimum atomic E-state index is -0.764. The Kier molecular flexibility index (Phi) is 5.66. The highest BCUT2D eigenvalue weighted by Gasteiger charge is 2.24. The molecule has 2 aromatic carbocycles. The van der Waals surface area contributed by atoms with Crippen molar-refractivity contribution in [1.29, 1.82) is 0 Å². The molecule has 0 aromatic heterocycles. The smallest absolute Gasteiger partial charge is 0.255 e. The molecule has 1 amide bonds. The maximum absolute atomic E-state index is 12.1. The van der Waals surface area contributed by atoms with Crippen LogP contribution < -0.4 is 11.2 Å². The number of likely N-dealkylation sites (N-methyl/N-ethyl adjacent to an activating group) is 1. The lowest BCUT2D eigenvalue weighted by Gasteiger charge is -2.26. The number of aliphatic hydroxyl groups is 1. The average Bonchev–Trinajstić information content (AvgIpc) is 2.57. The summed E-state index contributed by atoms with van der Waals surface area (Å²) in [7, 11) is 1.46. The van der Waals surface area contributed by atoms with E-state index in [2.05, 4.69) is 5.32 Å². The first-order valence-corrected chi connectivity index (χ1v) is 7.12. The molecule has 4 N–H and O–H groups in total. The van der Waals surface area contributed by atoms with E-state index >= 15 is 0 Å². The normalized spacial score (nSPS) is 12.2. The zero-order chi connectivity index (χ0) is 15.9. The second-order valence-corrected chi connectivity index (χ2v) is 5.11. The van der Waals surface area contributed by atoms with Gasteiger partial charge in [0.2, 0.25) is 0 Å². The number of aliphatic hydroxyl groups excluding tert-OH is 1. The van der Waals surface area contributed by atoms with E-state index in [1.165, 1.54) is 7.05 Å². The summed E-state index contributed by atoms with van der Waals surface area (Å²) >= 11 is 0. The average molecular weight is 299 g/mol. The SMILES string of the molecule is CN(N)C(=O)C(CO)NC(c1ccccc1)c1ccccc1. The first kappa shape index (κ1) is 16.2. The molecule has 0 aliphatic rings. The van der Waals surface area contributed by atoms with Gasteiger partial charge >= 0.3 is 0 Å². The van der Waals surface area contributed by atoms with Gasteiger partial charge in [-0.3, -0.25) is 15.1 Å². The number of nitrogens with two attached hydrogens (primary N) is 1. The number of nitrogens with zero attached hydrogens (tertiary/aromatic N) is 1. The highest BCUT2D eigenvalue weighted by Crippen LogP contribution is 2.22. The van der Waals surface area contributed by atoms with E-state index < -0.39 is 6.04 Å². The second kappa shape index (κ2) is 7.70. The van der Waals surface area contributed by atoms with Crippen molar-refractivity contribution in [3.05, 3.63) is 71.8 Å². The Bertz CT molecular complexity index is 548. The molecule has 1 atom stereocenters. The van der Waals surface area contributed by atoms with Crippen molar-refractivity contribution in [2.45, 2.75) is 12.1 Å². The second-order valence-electron chi connectivity index (χ2n) is 5.11. The number of nitrogens with one attached hydrogen (secondary N) is 1. The van der Waals surface area contributed by atoms with Crippen molar-refractivity contribution < 1.29 is 9.90 Å². The van der Waals surface area contributed by atoms with Crippen molar-refractivity contribution in [3.63, 3.8) is 0 Å². The molecule has 0 heterocycles. The molecule has 5 heteroatoms. The van der Waals surface area contributed by atoms with Crippen LogP contribution in [0.5, 0.6) is 0 Å². The predicted molar refractivity (Wildman–Crippen MR) is 85.7 cm³/mol. The fourth-order valence-corrected chi connectivity index (χ4v) is 2.32. The van der Waals surface area contributed by atoms with Gasteiger partial charge < -0.3 is 5.11 Å². The maximum atomic E-state index is 12.1. The Balaban J connectivity index is 2.31. The summed E-state index contributed by atoms with van der Waals surface area (Å²) in [5.74, 6) is 5.14. The standard InChI is InChI=1S/C17H21N3O2/c1-20(18)17(22)15(12-21)19-16(13-8-4-2-5-9-13)14-10-6-3-7-11-14/h2-11,15-16,19,21H,12,18H2,1H3. The fourth-order valence-electron chi connectivity index (χ4n) is 2.32. The number of hydrazine groups is 1. The van der Waals surface area contributed by atoms with Crippen LogP contribution in [0.15, 0.2) is 60.7 Å². The Hall–Kier alpha value is -2.21. The molecule has 0 aliphatic carbocycles. The van der Waals surface area contributed by atoms with E-state index in [1.807, 2.05) is 60.7 Å². The zero-order valence-corrected chi connectivity index (χ0v) is 12.5. The first-order valence-electron chi connectivity index (χ1n) is 7.12. The van der Waals surface area contributed by atoms with Crippen LogP contribution in [-0.4, -0.2) is 35.7 Å². The third-order valence-corrected chi connectivity index (χ3v) is 3.46. The summed E-state index contributed by atoms with van der Waals surface area (Å²) in [6.07, 6.45) is 0. The lowest BCUT2D eigenvalue weighted by atomic mass is 9.97. The Morgan fingerprint density at radius 2 is 1.55 bits per heavy atom. The molecule has 0 saturated heterocycles. The molecule has 22 heavy (non-hydrogen) atoms. The molecule has 5 nitrogen and oxygen atoms in total. The van der Waals surface area contributed by atoms with Crippen molar-refractivity contribution in [2.24, 2.45) is 5.84 Å². The van der Waals surface area contributed by atoms with E-state index in [9.17, 15) is 9.90 Å². The first-order chi connectivity index (χ1) is 10.6. The van der Waals surface area contributed by atoms with Gasteiger partial charge in [0.15, 0.2) is 0 Å². The van der Waals surface area contributed by atoms with Crippen molar-refractivity contribution in [2.75, 3.05) is 13.7 Å². The molecule has 2 aromatic rings. The summed E-state index contributed by atoms with van der Waals surface area (Å²) in [5, 5.41) is 13.7. The molecule has 0 radical (unpaired) electrons. The van der Waals surface area contributed by atoms with Crippen molar-refractivity contribution in [3.8, 4) is 0 Å². The molecule has 0 fully saturated rings. The van der Waals surface area contributed by atoms with Crippen LogP contribution in [-0.2, 0) is 4.79 Å². The number of hydrogen-bond donors (Lipinski definition) is 3. The van der Waals surface area contributed by atoms with E-state index in [0.29, 0.717) is 0 Å². The summed E-state index contributed by atoms with van der Waals surface area (Å²) in [5.41, 5.74) is 2.03. The topological polar surface area (TPSA) is 78.6 Å². The largest absolute Gasteiger partial charge is 0.394 e. The monoisotopic (exact) mass is 299 g/mol. The highest BCUT2D eigenvalue weighted by molar-refractivity contribution is 5.81. The van der Waals surface area contributed by atoms with Gasteiger partial charge in [0.25, 0.3) is 5.91 Å². The van der Waals surface area contributed by atoms with E-state index in [-0.39, 0.29) is 18.6 Å². The zero-order valence-electron chi connectivity index (χ0n) is 12.5. The predicted octanol–water partition coefficient (Wildman–Crippen LogP) is 1.06. The number of carbonyl (C=O) groups excluding carboxylic acids is 1. The van der Waals surface area contributed by atoms with Crippen molar-refractivity contribution >= 4 is 5.91 Å². The van der Waals surface area contributed by atoms with Crippen LogP contribution in [0, 0.1) is 0 Å². The van der Waals surface area contributed by atoms with E-state index in [0.717, 1.165) is 16.1 Å². The van der Waals surface area contributed by atoms with Crippen molar-refractivity contribution in [1.82, 2.24) is 10.3 Å². The Morgan fingerprint density at radius 1 is 1.09 bits per heavy atom. The van der Waals surface area contributed by atoms with Gasteiger partial charge in [-0.25, -0.2) is 5.84 Å². The summed E-state index contributed by atoms with van der Waals surface area (Å²) < 4.78 is 0. The molecular weight excluding hydrogens is 278 g/mol. The van der Waals surface area contributed by atoms with Crippen LogP contribution in [0.4, 0.5) is 0 Å². The van der Waals surface area contributed by atoms with E-state index in [4.69, 9.17) is 5.84 Å². The number of hydrogen-bond acceptors (Lipinski definition) is 4. The Morgan fingerprint density at radius 3 is 1.91 bits per heavy atom. The van der Waals surface area contributed by atoms with Gasteiger partial charge in [0.05, 0.1) is 12.6 Å². The molecule has 0 spiro atoms. The molecule has 1 unspecified atom stereocenters. The van der Waals surface area contributed by atoms with Gasteiger partial charge in [-0.2, -0.15) is 0 Å². The number of benzene rings is 2. The Labute approximate surface area is 130 Å². The van der Waals surface area contributed by atoms with Crippen LogP contribution in [0.25, 0.3) is 0 Å². The van der Waals surface area contributed by atoms with Crippen LogP contribution in [0.1, 0.15) is 17.2 Å².